The highest BCUT2D eigenvalue weighted by Crippen LogP contribution is 2.26. The number of hydrogen-bond donors (Lipinski definition) is 1. The first-order valence-corrected chi connectivity index (χ1v) is 8.14. The van der Waals surface area contributed by atoms with Crippen LogP contribution in [0.3, 0.4) is 0 Å². The van der Waals surface area contributed by atoms with E-state index in [-0.39, 0.29) is 11.4 Å². The van der Waals surface area contributed by atoms with Crippen molar-refractivity contribution in [1.82, 2.24) is 9.80 Å². The van der Waals surface area contributed by atoms with Gasteiger partial charge in [0.15, 0.2) is 0 Å². The number of rotatable bonds is 4. The maximum absolute atomic E-state index is 14.0. The molecule has 0 bridgehead atoms. The molecule has 0 saturated carbocycles. The van der Waals surface area contributed by atoms with E-state index in [1.54, 1.807) is 0 Å². The molecule has 6 heteroatoms. The second-order valence-electron chi connectivity index (χ2n) is 6.34. The molecule has 3 rings (SSSR count). The minimum Gasteiger partial charge on any atom is -0.478 e. The number of carbonyl (C=O) groups is 1. The number of ether oxygens (including phenoxy) is 1. The predicted octanol–water partition coefficient (Wildman–Crippen LogP) is 1.60. The maximum atomic E-state index is 14.0. The molecule has 1 unspecified atom stereocenters. The third-order valence-corrected chi connectivity index (χ3v) is 4.86. The number of halogens is 1. The van der Waals surface area contributed by atoms with E-state index in [0.29, 0.717) is 30.1 Å². The van der Waals surface area contributed by atoms with Crippen LogP contribution in [0.25, 0.3) is 0 Å². The summed E-state index contributed by atoms with van der Waals surface area (Å²) in [7, 11) is 0. The van der Waals surface area contributed by atoms with E-state index in [9.17, 15) is 14.3 Å². The lowest BCUT2D eigenvalue weighted by Crippen LogP contribution is -2.47. The van der Waals surface area contributed by atoms with Crippen molar-refractivity contribution in [2.45, 2.75) is 25.9 Å². The summed E-state index contributed by atoms with van der Waals surface area (Å²) in [5.41, 5.74) is 1.43. The number of fused-ring (bicyclic) bond motifs is 1. The van der Waals surface area contributed by atoms with E-state index in [1.165, 1.54) is 12.1 Å². The first kappa shape index (κ1) is 16.4. The minimum absolute atomic E-state index is 0.227. The van der Waals surface area contributed by atoms with E-state index in [0.717, 1.165) is 39.4 Å². The molecule has 1 saturated heterocycles. The molecule has 0 amide bonds. The number of nitrogens with zero attached hydrogens (tertiary/aromatic N) is 2. The van der Waals surface area contributed by atoms with Crippen LogP contribution in [0, 0.1) is 5.82 Å². The molecule has 0 spiro atoms. The Balaban J connectivity index is 1.73. The summed E-state index contributed by atoms with van der Waals surface area (Å²) in [4.78, 5) is 16.0. The molecule has 1 N–H and O–H groups in total. The van der Waals surface area contributed by atoms with E-state index >= 15 is 0 Å². The highest BCUT2D eigenvalue weighted by Gasteiger charge is 2.27. The van der Waals surface area contributed by atoms with Crippen LogP contribution < -0.4 is 0 Å². The van der Waals surface area contributed by atoms with Crippen molar-refractivity contribution in [3.63, 3.8) is 0 Å². The van der Waals surface area contributed by atoms with Crippen LogP contribution in [0.2, 0.25) is 0 Å². The number of carboxylic acids is 1. The molecule has 0 aliphatic carbocycles. The lowest BCUT2D eigenvalue weighted by atomic mass is 9.93. The number of benzene rings is 1. The van der Waals surface area contributed by atoms with E-state index in [1.807, 2.05) is 0 Å². The fraction of sp³-hybridized carbons (Fsp3) is 0.588. The second kappa shape index (κ2) is 6.95. The van der Waals surface area contributed by atoms with Gasteiger partial charge in [-0.25, -0.2) is 9.18 Å². The predicted molar refractivity (Wildman–Crippen MR) is 84.2 cm³/mol. The molecule has 5 nitrogen and oxygen atoms in total. The Morgan fingerprint density at radius 3 is 2.74 bits per heavy atom. The Kier molecular flexibility index (Phi) is 4.94. The number of aromatic carboxylic acids is 1. The van der Waals surface area contributed by atoms with Gasteiger partial charge in [0.05, 0.1) is 18.8 Å². The van der Waals surface area contributed by atoms with Gasteiger partial charge in [-0.1, -0.05) is 0 Å². The van der Waals surface area contributed by atoms with Crippen molar-refractivity contribution in [3.8, 4) is 0 Å². The smallest absolute Gasteiger partial charge is 0.336 e. The van der Waals surface area contributed by atoms with Crippen molar-refractivity contribution in [3.05, 3.63) is 34.6 Å². The summed E-state index contributed by atoms with van der Waals surface area (Å²) in [6.45, 7) is 7.75. The molecular formula is C17H23FN2O3. The molecule has 1 aromatic rings. The van der Waals surface area contributed by atoms with Crippen molar-refractivity contribution in [2.75, 3.05) is 39.4 Å². The van der Waals surface area contributed by atoms with Crippen LogP contribution in [-0.4, -0.2) is 66.3 Å². The summed E-state index contributed by atoms with van der Waals surface area (Å²) >= 11 is 0. The number of morpholine rings is 1. The highest BCUT2D eigenvalue weighted by atomic mass is 19.1. The van der Waals surface area contributed by atoms with Gasteiger partial charge < -0.3 is 9.84 Å². The van der Waals surface area contributed by atoms with E-state index in [2.05, 4.69) is 16.7 Å². The van der Waals surface area contributed by atoms with Gasteiger partial charge in [0.2, 0.25) is 0 Å². The maximum Gasteiger partial charge on any atom is 0.336 e. The van der Waals surface area contributed by atoms with Crippen molar-refractivity contribution in [1.29, 1.82) is 0 Å². The van der Waals surface area contributed by atoms with Crippen LogP contribution in [0.1, 0.15) is 28.4 Å². The minimum atomic E-state index is -0.982. The topological polar surface area (TPSA) is 53.0 Å². The molecule has 0 radical (unpaired) electrons. The van der Waals surface area contributed by atoms with E-state index in [4.69, 9.17) is 4.74 Å². The SMILES string of the molecule is CC(CN1CCOCC1)N1CCc2c(F)ccc(C(=O)O)c2C1. The standard InChI is InChI=1S/C17H23FN2O3/c1-12(10-19-6-8-23-9-7-19)20-5-4-13-15(11-20)14(17(21)22)2-3-16(13)18/h2-3,12H,4-11H2,1H3,(H,21,22). The van der Waals surface area contributed by atoms with Gasteiger partial charge in [-0.2, -0.15) is 0 Å². The quantitative estimate of drug-likeness (QED) is 0.913. The molecule has 2 aliphatic rings. The Bertz CT molecular complexity index is 587. The van der Waals surface area contributed by atoms with Crippen molar-refractivity contribution in [2.24, 2.45) is 0 Å². The van der Waals surface area contributed by atoms with Crippen molar-refractivity contribution >= 4 is 5.97 Å². The van der Waals surface area contributed by atoms with Crippen LogP contribution in [0.5, 0.6) is 0 Å². The van der Waals surface area contributed by atoms with Crippen molar-refractivity contribution < 1.29 is 19.0 Å². The Hall–Kier alpha value is -1.50. The third kappa shape index (κ3) is 3.54. The Labute approximate surface area is 135 Å². The van der Waals surface area contributed by atoms with Gasteiger partial charge in [-0.15, -0.1) is 0 Å². The Morgan fingerprint density at radius 2 is 2.04 bits per heavy atom. The molecular weight excluding hydrogens is 299 g/mol. The normalized spacial score (nSPS) is 21.0. The van der Waals surface area contributed by atoms with Crippen LogP contribution >= 0.6 is 0 Å². The largest absolute Gasteiger partial charge is 0.478 e. The number of carboxylic acid groups (broad SMARTS) is 1. The van der Waals surface area contributed by atoms with Gasteiger partial charge >= 0.3 is 5.97 Å². The van der Waals surface area contributed by atoms with Gasteiger partial charge in [0, 0.05) is 38.8 Å². The Morgan fingerprint density at radius 1 is 1.30 bits per heavy atom. The highest BCUT2D eigenvalue weighted by molar-refractivity contribution is 5.89. The van der Waals surface area contributed by atoms with Gasteiger partial charge in [-0.05, 0) is 36.6 Å². The zero-order chi connectivity index (χ0) is 16.4. The summed E-state index contributed by atoms with van der Waals surface area (Å²) in [5.74, 6) is -1.27. The zero-order valence-corrected chi connectivity index (χ0v) is 13.4. The number of hydrogen-bond acceptors (Lipinski definition) is 4. The van der Waals surface area contributed by atoms with Crippen LogP contribution in [0.15, 0.2) is 12.1 Å². The van der Waals surface area contributed by atoms with Gasteiger partial charge in [0.25, 0.3) is 0 Å². The molecule has 126 valence electrons. The first-order valence-electron chi connectivity index (χ1n) is 8.14. The average Bonchev–Trinajstić information content (AvgIpc) is 2.55. The lowest BCUT2D eigenvalue weighted by molar-refractivity contribution is 0.0228. The molecule has 1 atom stereocenters. The molecule has 2 heterocycles. The fourth-order valence-electron chi connectivity index (χ4n) is 3.50. The van der Waals surface area contributed by atoms with Crippen LogP contribution in [0.4, 0.5) is 4.39 Å². The second-order valence-corrected chi connectivity index (χ2v) is 6.34. The summed E-state index contributed by atoms with van der Waals surface area (Å²) in [6.07, 6.45) is 0.565. The molecule has 2 aliphatic heterocycles. The molecule has 1 aromatic carbocycles. The molecule has 0 aromatic heterocycles. The molecule has 23 heavy (non-hydrogen) atoms. The zero-order valence-electron chi connectivity index (χ0n) is 13.4. The fourth-order valence-corrected chi connectivity index (χ4v) is 3.50. The van der Waals surface area contributed by atoms with Crippen LogP contribution in [-0.2, 0) is 17.7 Å². The summed E-state index contributed by atoms with van der Waals surface area (Å²) in [5, 5.41) is 9.35. The lowest BCUT2D eigenvalue weighted by Gasteiger charge is -2.38. The van der Waals surface area contributed by atoms with E-state index < -0.39 is 5.97 Å². The van der Waals surface area contributed by atoms with Gasteiger partial charge in [-0.3, -0.25) is 9.80 Å². The third-order valence-electron chi connectivity index (χ3n) is 4.86. The van der Waals surface area contributed by atoms with Gasteiger partial charge in [0.1, 0.15) is 5.82 Å². The first-order chi connectivity index (χ1) is 11.1. The molecule has 1 fully saturated rings. The summed E-state index contributed by atoms with van der Waals surface area (Å²) < 4.78 is 19.3. The average molecular weight is 322 g/mol. The monoisotopic (exact) mass is 322 g/mol. The summed E-state index contributed by atoms with van der Waals surface area (Å²) in [6, 6.07) is 2.95.